The molecule has 1 aliphatic heterocycles. The first kappa shape index (κ1) is 31.5. The van der Waals surface area contributed by atoms with E-state index in [9.17, 15) is 8.78 Å². The second-order valence-corrected chi connectivity index (χ2v) is 11.2. The van der Waals surface area contributed by atoms with Crippen molar-refractivity contribution in [2.75, 3.05) is 23.3 Å². The van der Waals surface area contributed by atoms with Crippen molar-refractivity contribution in [1.29, 1.82) is 0 Å². The summed E-state index contributed by atoms with van der Waals surface area (Å²) in [5.74, 6) is 0.344. The SMILES string of the molecule is C\C=C(Cl)/C=C(\C=C/CC)C(=NC(C)CC)c1ccc(NC2CCN(c3nc4ccccc4n3C(F)F)CC2)cc1C. The number of allylic oxidation sites excluding steroid dienone is 6. The number of para-hydroxylation sites is 2. The molecule has 224 valence electrons. The average molecular weight is 594 g/mol. The van der Waals surface area contributed by atoms with E-state index in [-0.39, 0.29) is 12.1 Å². The first-order valence-corrected chi connectivity index (χ1v) is 15.3. The number of aromatic nitrogens is 2. The molecule has 1 unspecified atom stereocenters. The van der Waals surface area contributed by atoms with Crippen molar-refractivity contribution in [1.82, 2.24) is 9.55 Å². The molecule has 2 heterocycles. The largest absolute Gasteiger partial charge is 0.382 e. The first-order valence-electron chi connectivity index (χ1n) is 14.9. The van der Waals surface area contributed by atoms with Crippen LogP contribution in [0.25, 0.3) is 11.0 Å². The van der Waals surface area contributed by atoms with Crippen molar-refractivity contribution >= 4 is 40.0 Å². The van der Waals surface area contributed by atoms with Crippen LogP contribution in [0.4, 0.5) is 20.4 Å². The van der Waals surface area contributed by atoms with Crippen LogP contribution in [0.1, 0.15) is 71.1 Å². The van der Waals surface area contributed by atoms with Crippen molar-refractivity contribution in [3.8, 4) is 0 Å². The van der Waals surface area contributed by atoms with Gasteiger partial charge in [0, 0.05) is 47.0 Å². The van der Waals surface area contributed by atoms with Gasteiger partial charge in [-0.25, -0.2) is 4.98 Å². The van der Waals surface area contributed by atoms with Gasteiger partial charge in [0.05, 0.1) is 16.7 Å². The highest BCUT2D eigenvalue weighted by atomic mass is 35.5. The summed E-state index contributed by atoms with van der Waals surface area (Å²) in [4.78, 5) is 11.6. The molecule has 2 aromatic carbocycles. The molecule has 3 aromatic rings. The molecule has 1 aromatic heterocycles. The maximum atomic E-state index is 14.0. The molecule has 1 atom stereocenters. The molecule has 1 fully saturated rings. The minimum Gasteiger partial charge on any atom is -0.382 e. The van der Waals surface area contributed by atoms with Gasteiger partial charge < -0.3 is 10.2 Å². The van der Waals surface area contributed by atoms with Crippen LogP contribution in [0.15, 0.2) is 82.4 Å². The van der Waals surface area contributed by atoms with Gasteiger partial charge in [-0.05, 0) is 82.4 Å². The topological polar surface area (TPSA) is 45.5 Å². The third-order valence-corrected chi connectivity index (χ3v) is 8.05. The lowest BCUT2D eigenvalue weighted by atomic mass is 9.95. The van der Waals surface area contributed by atoms with Crippen molar-refractivity contribution in [2.24, 2.45) is 4.99 Å². The number of rotatable bonds is 11. The molecule has 0 amide bonds. The van der Waals surface area contributed by atoms with Crippen LogP contribution in [0.5, 0.6) is 0 Å². The van der Waals surface area contributed by atoms with Gasteiger partial charge in [0.2, 0.25) is 5.95 Å². The summed E-state index contributed by atoms with van der Waals surface area (Å²) in [7, 11) is 0. The number of aliphatic imine (C=N–C) groups is 1. The molecule has 1 N–H and O–H groups in total. The Morgan fingerprint density at radius 1 is 1.17 bits per heavy atom. The number of hydrogen-bond acceptors (Lipinski definition) is 4. The highest BCUT2D eigenvalue weighted by Gasteiger charge is 2.26. The molecule has 0 aliphatic carbocycles. The number of piperidine rings is 1. The van der Waals surface area contributed by atoms with Crippen molar-refractivity contribution in [2.45, 2.75) is 78.9 Å². The van der Waals surface area contributed by atoms with E-state index in [0.717, 1.165) is 58.3 Å². The number of nitrogens with one attached hydrogen (secondary N) is 1. The number of alkyl halides is 2. The van der Waals surface area contributed by atoms with Gasteiger partial charge in [-0.15, -0.1) is 0 Å². The van der Waals surface area contributed by atoms with E-state index in [1.807, 2.05) is 30.0 Å². The zero-order valence-corrected chi connectivity index (χ0v) is 26.0. The van der Waals surface area contributed by atoms with Gasteiger partial charge in [0.25, 0.3) is 0 Å². The number of aryl methyl sites for hydroxylation is 1. The standard InChI is InChI=1S/C34H42ClF2N5/c1-6-9-12-25(22-26(35)8-3)32(38-24(5)7-2)29-16-15-28(21-23(29)4)39-27-17-19-41(20-18-27)34-40-30-13-10-11-14-31(30)42(34)33(36)37/h8-16,21-22,24,27,33,39H,6-7,17-20H2,1-5H3/b12-9-,25-22+,26-8+,38-32?. The zero-order valence-electron chi connectivity index (χ0n) is 25.2. The molecule has 1 saturated heterocycles. The summed E-state index contributed by atoms with van der Waals surface area (Å²) in [5.41, 5.74) is 6.23. The van der Waals surface area contributed by atoms with E-state index in [0.29, 0.717) is 35.1 Å². The predicted molar refractivity (Wildman–Crippen MR) is 174 cm³/mol. The quantitative estimate of drug-likeness (QED) is 0.178. The number of halogens is 3. The Hall–Kier alpha value is -3.45. The van der Waals surface area contributed by atoms with Gasteiger partial charge in [-0.2, -0.15) is 8.78 Å². The summed E-state index contributed by atoms with van der Waals surface area (Å²) >= 11 is 6.45. The zero-order chi connectivity index (χ0) is 30.2. The van der Waals surface area contributed by atoms with Gasteiger partial charge in [0.1, 0.15) is 0 Å². The summed E-state index contributed by atoms with van der Waals surface area (Å²) in [5, 5.41) is 4.35. The molecule has 0 saturated carbocycles. The first-order chi connectivity index (χ1) is 20.2. The molecular formula is C34H42ClF2N5. The molecule has 5 nitrogen and oxygen atoms in total. The fourth-order valence-corrected chi connectivity index (χ4v) is 5.33. The molecular weight excluding hydrogens is 552 g/mol. The van der Waals surface area contributed by atoms with Crippen molar-refractivity contribution < 1.29 is 8.78 Å². The fourth-order valence-electron chi connectivity index (χ4n) is 5.21. The number of imidazole rings is 1. The maximum Gasteiger partial charge on any atom is 0.321 e. The Morgan fingerprint density at radius 3 is 2.55 bits per heavy atom. The molecule has 0 spiro atoms. The summed E-state index contributed by atoms with van der Waals surface area (Å²) in [6.45, 7) is 9.10. The minimum absolute atomic E-state index is 0.170. The Labute approximate surface area is 253 Å². The Morgan fingerprint density at radius 2 is 1.90 bits per heavy atom. The van der Waals surface area contributed by atoms with E-state index in [1.54, 1.807) is 18.2 Å². The minimum atomic E-state index is -2.64. The van der Waals surface area contributed by atoms with Gasteiger partial charge in [-0.3, -0.25) is 9.56 Å². The number of anilines is 2. The average Bonchev–Trinajstić information content (AvgIpc) is 3.38. The highest BCUT2D eigenvalue weighted by Crippen LogP contribution is 2.31. The van der Waals surface area contributed by atoms with Crippen molar-refractivity contribution in [3.63, 3.8) is 0 Å². The Bertz CT molecular complexity index is 1480. The second-order valence-electron chi connectivity index (χ2n) is 10.8. The lowest BCUT2D eigenvalue weighted by Crippen LogP contribution is -2.40. The monoisotopic (exact) mass is 593 g/mol. The van der Waals surface area contributed by atoms with E-state index in [1.165, 1.54) is 0 Å². The highest BCUT2D eigenvalue weighted by molar-refractivity contribution is 6.32. The molecule has 0 radical (unpaired) electrons. The molecule has 8 heteroatoms. The summed E-state index contributed by atoms with van der Waals surface area (Å²) in [6, 6.07) is 13.9. The van der Waals surface area contributed by atoms with Gasteiger partial charge >= 0.3 is 6.55 Å². The van der Waals surface area contributed by atoms with Crippen LogP contribution in [-0.4, -0.2) is 40.4 Å². The van der Waals surface area contributed by atoms with Gasteiger partial charge in [-0.1, -0.05) is 61.9 Å². The van der Waals surface area contributed by atoms with Crippen LogP contribution < -0.4 is 10.2 Å². The van der Waals surface area contributed by atoms with E-state index < -0.39 is 6.55 Å². The third kappa shape index (κ3) is 7.49. The number of benzene rings is 2. The van der Waals surface area contributed by atoms with Crippen molar-refractivity contribution in [3.05, 3.63) is 88.5 Å². The van der Waals surface area contributed by atoms with Crippen LogP contribution in [0.3, 0.4) is 0 Å². The second kappa shape index (κ2) is 14.6. The molecule has 42 heavy (non-hydrogen) atoms. The Kier molecular flexibility index (Phi) is 11.0. The number of fused-ring (bicyclic) bond motifs is 1. The number of nitrogens with zero attached hydrogens (tertiary/aromatic N) is 4. The molecule has 1 aliphatic rings. The smallest absolute Gasteiger partial charge is 0.321 e. The lowest BCUT2D eigenvalue weighted by molar-refractivity contribution is 0.0757. The van der Waals surface area contributed by atoms with Gasteiger partial charge in [0.15, 0.2) is 0 Å². The van der Waals surface area contributed by atoms with Crippen LogP contribution in [0, 0.1) is 6.92 Å². The summed E-state index contributed by atoms with van der Waals surface area (Å²) in [6.07, 6.45) is 11.6. The van der Waals surface area contributed by atoms with E-state index in [4.69, 9.17) is 16.6 Å². The summed E-state index contributed by atoms with van der Waals surface area (Å²) < 4.78 is 29.0. The molecule has 0 bridgehead atoms. The van der Waals surface area contributed by atoms with E-state index in [2.05, 4.69) is 68.3 Å². The Balaban J connectivity index is 1.52. The maximum absolute atomic E-state index is 14.0. The van der Waals surface area contributed by atoms with E-state index >= 15 is 0 Å². The molecule has 4 rings (SSSR count). The number of hydrogen-bond donors (Lipinski definition) is 1. The van der Waals surface area contributed by atoms with Crippen LogP contribution >= 0.6 is 11.6 Å². The third-order valence-electron chi connectivity index (χ3n) is 7.72. The van der Waals surface area contributed by atoms with Crippen LogP contribution in [0.2, 0.25) is 0 Å². The van der Waals surface area contributed by atoms with Crippen LogP contribution in [-0.2, 0) is 0 Å². The lowest BCUT2D eigenvalue weighted by Gasteiger charge is -2.33. The fraction of sp³-hybridized carbons (Fsp3) is 0.412. The predicted octanol–water partition coefficient (Wildman–Crippen LogP) is 9.44. The normalized spacial score (nSPS) is 16.7.